The molecular formula is C26H28N2O2. The van der Waals surface area contributed by atoms with Crippen molar-refractivity contribution in [3.63, 3.8) is 0 Å². The van der Waals surface area contributed by atoms with Gasteiger partial charge in [-0.05, 0) is 41.7 Å². The van der Waals surface area contributed by atoms with Crippen molar-refractivity contribution in [1.29, 1.82) is 0 Å². The molecule has 0 aromatic heterocycles. The second kappa shape index (κ2) is 8.31. The normalized spacial score (nSPS) is 12.8. The Bertz CT molecular complexity index is 1100. The van der Waals surface area contributed by atoms with Crippen LogP contribution in [0.4, 0.5) is 11.4 Å². The van der Waals surface area contributed by atoms with E-state index in [9.17, 15) is 9.59 Å². The highest BCUT2D eigenvalue weighted by molar-refractivity contribution is 6.27. The number of hydrogen-bond donors (Lipinski definition) is 1. The molecule has 0 fully saturated rings. The molecule has 0 radical (unpaired) electrons. The maximum absolute atomic E-state index is 12.9. The fraction of sp³-hybridized carbons (Fsp3) is 0.308. The maximum Gasteiger partial charge on any atom is 0.258 e. The van der Waals surface area contributed by atoms with Crippen molar-refractivity contribution in [3.05, 3.63) is 71.3 Å². The van der Waals surface area contributed by atoms with Crippen molar-refractivity contribution >= 4 is 34.0 Å². The Morgan fingerprint density at radius 1 is 1.03 bits per heavy atom. The summed E-state index contributed by atoms with van der Waals surface area (Å²) in [6.45, 7) is 7.16. The van der Waals surface area contributed by atoms with Gasteiger partial charge in [-0.25, -0.2) is 0 Å². The van der Waals surface area contributed by atoms with Crippen LogP contribution in [0.1, 0.15) is 61.0 Å². The molecule has 0 aliphatic carbocycles. The van der Waals surface area contributed by atoms with Gasteiger partial charge in [0.25, 0.3) is 5.91 Å². The van der Waals surface area contributed by atoms with E-state index in [0.29, 0.717) is 12.3 Å². The molecule has 2 amide bonds. The zero-order chi connectivity index (χ0) is 21.3. The van der Waals surface area contributed by atoms with Gasteiger partial charge in [0.15, 0.2) is 0 Å². The molecule has 30 heavy (non-hydrogen) atoms. The minimum absolute atomic E-state index is 0.0535. The van der Waals surface area contributed by atoms with Crippen molar-refractivity contribution in [1.82, 2.24) is 0 Å². The Morgan fingerprint density at radius 2 is 1.80 bits per heavy atom. The van der Waals surface area contributed by atoms with Crippen LogP contribution in [0.3, 0.4) is 0 Å². The highest BCUT2D eigenvalue weighted by Crippen LogP contribution is 2.40. The number of hydrogen-bond acceptors (Lipinski definition) is 2. The third kappa shape index (κ3) is 3.70. The summed E-state index contributed by atoms with van der Waals surface area (Å²) in [7, 11) is 0. The van der Waals surface area contributed by atoms with Crippen LogP contribution in [0.15, 0.2) is 54.6 Å². The third-order valence-electron chi connectivity index (χ3n) is 5.81. The maximum atomic E-state index is 12.9. The summed E-state index contributed by atoms with van der Waals surface area (Å²) in [5, 5.41) is 4.92. The van der Waals surface area contributed by atoms with E-state index in [1.165, 1.54) is 5.56 Å². The first-order valence-corrected chi connectivity index (χ1v) is 10.8. The largest absolute Gasteiger partial charge is 0.325 e. The summed E-state index contributed by atoms with van der Waals surface area (Å²) in [5.41, 5.74) is 4.68. The summed E-state index contributed by atoms with van der Waals surface area (Å²) in [6, 6.07) is 17.8. The molecule has 0 atom stereocenters. The van der Waals surface area contributed by atoms with Crippen LogP contribution in [0.2, 0.25) is 0 Å². The summed E-state index contributed by atoms with van der Waals surface area (Å²) >= 11 is 0. The Labute approximate surface area is 177 Å². The Hall–Kier alpha value is -3.14. The van der Waals surface area contributed by atoms with Gasteiger partial charge in [-0.1, -0.05) is 63.6 Å². The van der Waals surface area contributed by atoms with Gasteiger partial charge >= 0.3 is 0 Å². The van der Waals surface area contributed by atoms with Crippen LogP contribution in [-0.4, -0.2) is 18.4 Å². The fourth-order valence-electron chi connectivity index (χ4n) is 4.09. The van der Waals surface area contributed by atoms with E-state index >= 15 is 0 Å². The van der Waals surface area contributed by atoms with Gasteiger partial charge in [-0.3, -0.25) is 9.59 Å². The molecule has 1 aliphatic rings. The Morgan fingerprint density at radius 3 is 2.50 bits per heavy atom. The van der Waals surface area contributed by atoms with E-state index < -0.39 is 0 Å². The van der Waals surface area contributed by atoms with Gasteiger partial charge in [-0.2, -0.15) is 0 Å². The number of amides is 2. The first-order valence-electron chi connectivity index (χ1n) is 10.8. The molecule has 0 saturated carbocycles. The van der Waals surface area contributed by atoms with E-state index in [1.807, 2.05) is 47.4 Å². The minimum Gasteiger partial charge on any atom is -0.325 e. The van der Waals surface area contributed by atoms with Gasteiger partial charge in [0.1, 0.15) is 0 Å². The molecule has 4 heteroatoms. The Balaban J connectivity index is 1.58. The second-order valence-corrected chi connectivity index (χ2v) is 8.29. The van der Waals surface area contributed by atoms with Crippen LogP contribution >= 0.6 is 0 Å². The standard InChI is InChI=1S/C26H28N2O2/c1-4-5-15-28-23-14-13-22(20-7-6-8-21(25(20)23)26(28)30)27-24(29)16-18-9-11-19(12-10-18)17(2)3/h6-14,17H,4-5,15-16H2,1-3H3,(H,27,29). The van der Waals surface area contributed by atoms with E-state index in [0.717, 1.165) is 52.7 Å². The summed E-state index contributed by atoms with van der Waals surface area (Å²) < 4.78 is 0. The topological polar surface area (TPSA) is 49.4 Å². The molecule has 0 bridgehead atoms. The molecule has 3 aromatic carbocycles. The fourth-order valence-corrected chi connectivity index (χ4v) is 4.09. The molecule has 1 aliphatic heterocycles. The lowest BCUT2D eigenvalue weighted by Crippen LogP contribution is -2.27. The average Bonchev–Trinajstić information content (AvgIpc) is 3.01. The molecule has 0 unspecified atom stereocenters. The van der Waals surface area contributed by atoms with E-state index in [4.69, 9.17) is 0 Å². The van der Waals surface area contributed by atoms with Crippen molar-refractivity contribution in [2.24, 2.45) is 0 Å². The molecule has 1 heterocycles. The first-order chi connectivity index (χ1) is 14.5. The lowest BCUT2D eigenvalue weighted by molar-refractivity contribution is -0.115. The van der Waals surface area contributed by atoms with E-state index in [-0.39, 0.29) is 11.8 Å². The van der Waals surface area contributed by atoms with Crippen molar-refractivity contribution in [3.8, 4) is 0 Å². The van der Waals surface area contributed by atoms with Crippen LogP contribution in [0.5, 0.6) is 0 Å². The van der Waals surface area contributed by atoms with Gasteiger partial charge in [0.2, 0.25) is 5.91 Å². The van der Waals surface area contributed by atoms with Crippen LogP contribution in [0, 0.1) is 0 Å². The number of carbonyl (C=O) groups excluding carboxylic acids is 2. The molecular weight excluding hydrogens is 372 g/mol. The predicted octanol–water partition coefficient (Wildman–Crippen LogP) is 5.90. The van der Waals surface area contributed by atoms with Crippen molar-refractivity contribution in [2.45, 2.75) is 46.0 Å². The summed E-state index contributed by atoms with van der Waals surface area (Å²) in [6.07, 6.45) is 2.33. The predicted molar refractivity (Wildman–Crippen MR) is 123 cm³/mol. The third-order valence-corrected chi connectivity index (χ3v) is 5.81. The van der Waals surface area contributed by atoms with Gasteiger partial charge in [0.05, 0.1) is 12.1 Å². The van der Waals surface area contributed by atoms with Crippen molar-refractivity contribution < 1.29 is 9.59 Å². The number of anilines is 2. The minimum atomic E-state index is -0.0554. The molecule has 4 nitrogen and oxygen atoms in total. The van der Waals surface area contributed by atoms with Gasteiger partial charge < -0.3 is 10.2 Å². The zero-order valence-corrected chi connectivity index (χ0v) is 17.9. The average molecular weight is 401 g/mol. The number of rotatable bonds is 7. The van der Waals surface area contributed by atoms with Crippen LogP contribution < -0.4 is 10.2 Å². The number of carbonyl (C=O) groups is 2. The lowest BCUT2D eigenvalue weighted by Gasteiger charge is -2.17. The summed E-state index contributed by atoms with van der Waals surface area (Å²) in [4.78, 5) is 27.4. The van der Waals surface area contributed by atoms with Gasteiger partial charge in [0, 0.05) is 28.6 Å². The second-order valence-electron chi connectivity index (χ2n) is 8.29. The molecule has 154 valence electrons. The molecule has 3 aromatic rings. The van der Waals surface area contributed by atoms with E-state index in [2.05, 4.69) is 38.2 Å². The first kappa shape index (κ1) is 20.1. The quantitative estimate of drug-likeness (QED) is 0.536. The molecule has 0 spiro atoms. The van der Waals surface area contributed by atoms with Crippen LogP contribution in [-0.2, 0) is 11.2 Å². The molecule has 0 saturated heterocycles. The highest BCUT2D eigenvalue weighted by Gasteiger charge is 2.30. The molecule has 4 rings (SSSR count). The number of nitrogens with zero attached hydrogens (tertiary/aromatic N) is 1. The monoisotopic (exact) mass is 400 g/mol. The SMILES string of the molecule is CCCCN1C(=O)c2cccc3c(NC(=O)Cc4ccc(C(C)C)cc4)ccc1c23. The van der Waals surface area contributed by atoms with Gasteiger partial charge in [-0.15, -0.1) is 0 Å². The highest BCUT2D eigenvalue weighted by atomic mass is 16.2. The Kier molecular flexibility index (Phi) is 5.58. The number of unbranched alkanes of at least 4 members (excludes halogenated alkanes) is 1. The lowest BCUT2D eigenvalue weighted by atomic mass is 10.0. The number of benzene rings is 3. The number of nitrogens with one attached hydrogen (secondary N) is 1. The van der Waals surface area contributed by atoms with Crippen molar-refractivity contribution in [2.75, 3.05) is 16.8 Å². The van der Waals surface area contributed by atoms with E-state index in [1.54, 1.807) is 0 Å². The zero-order valence-electron chi connectivity index (χ0n) is 17.9. The van der Waals surface area contributed by atoms with Crippen LogP contribution in [0.25, 0.3) is 10.8 Å². The molecule has 1 N–H and O–H groups in total. The smallest absolute Gasteiger partial charge is 0.258 e. The summed E-state index contributed by atoms with van der Waals surface area (Å²) in [5.74, 6) is 0.471.